The molecule has 0 aliphatic heterocycles. The minimum absolute atomic E-state index is 0.0250. The topological polar surface area (TPSA) is 70.3 Å². The van der Waals surface area contributed by atoms with Crippen molar-refractivity contribution in [1.82, 2.24) is 0 Å². The van der Waals surface area contributed by atoms with Gasteiger partial charge in [-0.1, -0.05) is 68.0 Å². The van der Waals surface area contributed by atoms with Crippen LogP contribution >= 0.6 is 0 Å². The van der Waals surface area contributed by atoms with Crippen LogP contribution in [0.25, 0.3) is 0 Å². The van der Waals surface area contributed by atoms with Gasteiger partial charge in [-0.15, -0.1) is 0 Å². The number of ether oxygens (including phenoxy) is 1. The fourth-order valence-corrected chi connectivity index (χ4v) is 9.71. The average Bonchev–Trinajstić information content (AvgIpc) is 3.26. The van der Waals surface area contributed by atoms with Gasteiger partial charge in [0.15, 0.2) is 5.79 Å². The second-order valence-corrected chi connectivity index (χ2v) is 13.8. The van der Waals surface area contributed by atoms with Crippen LogP contribution < -0.4 is 0 Å². The van der Waals surface area contributed by atoms with Crippen molar-refractivity contribution >= 4 is 5.78 Å². The van der Waals surface area contributed by atoms with Crippen LogP contribution in [0.2, 0.25) is 0 Å². The number of Topliss-reactive ketones (excluding diaryl/α,β-unsaturated/α-hetero) is 1. The second-order valence-electron chi connectivity index (χ2n) is 13.8. The van der Waals surface area contributed by atoms with Crippen molar-refractivity contribution in [2.24, 2.45) is 34.0 Å². The summed E-state index contributed by atoms with van der Waals surface area (Å²) >= 11 is 0. The zero-order chi connectivity index (χ0) is 28.2. The molecule has 0 radical (unpaired) electrons. The van der Waals surface area contributed by atoms with E-state index in [1.165, 1.54) is 11.1 Å². The maximum atomic E-state index is 13.5. The molecule has 3 saturated carbocycles. The quantitative estimate of drug-likeness (QED) is 0.305. The molecule has 4 nitrogen and oxygen atoms in total. The number of nitriles is 1. The molecule has 0 aromatic heterocycles. The first-order valence-electron chi connectivity index (χ1n) is 15.2. The lowest BCUT2D eigenvalue weighted by molar-refractivity contribution is -0.231. The predicted octanol–water partition coefficient (Wildman–Crippen LogP) is 7.54. The maximum absolute atomic E-state index is 13.5. The summed E-state index contributed by atoms with van der Waals surface area (Å²) in [5.74, 6) is 0.966. The second kappa shape index (κ2) is 9.97. The minimum atomic E-state index is -1.15. The molecule has 6 rings (SSSR count). The molecule has 4 aliphatic carbocycles. The number of aliphatic hydroxyl groups is 1. The summed E-state index contributed by atoms with van der Waals surface area (Å²) in [6, 6.07) is 20.2. The molecule has 0 heterocycles. The number of rotatable bonds is 6. The summed E-state index contributed by atoms with van der Waals surface area (Å²) < 4.78 is 6.15. The smallest absolute Gasteiger partial charge is 0.169 e. The van der Waals surface area contributed by atoms with E-state index in [1.807, 2.05) is 19.1 Å². The molecule has 1 N–H and O–H groups in total. The highest BCUT2D eigenvalue weighted by atomic mass is 16.6. The Bertz CT molecular complexity index is 1340. The van der Waals surface area contributed by atoms with Crippen LogP contribution in [-0.2, 0) is 22.6 Å². The van der Waals surface area contributed by atoms with Gasteiger partial charge in [-0.2, -0.15) is 5.26 Å². The molecule has 40 heavy (non-hydrogen) atoms. The van der Waals surface area contributed by atoms with Gasteiger partial charge in [-0.05, 0) is 104 Å². The van der Waals surface area contributed by atoms with Gasteiger partial charge in [0.05, 0.1) is 18.2 Å². The number of allylic oxidation sites excluding steroid dienone is 1. The SMILES string of the molecule is CC(=O)[C@@]1(Cc2ccccc2)CC[C@H]2[C@@H]3CC=C4CC(O)(OCc5ccc(C#N)cc5)CC[C@]4(C)[C@H]3CC[C@@]21C. The minimum Gasteiger partial charge on any atom is -0.365 e. The summed E-state index contributed by atoms with van der Waals surface area (Å²) in [6.07, 6.45) is 10.9. The Morgan fingerprint density at radius 3 is 2.40 bits per heavy atom. The molecule has 0 amide bonds. The maximum Gasteiger partial charge on any atom is 0.169 e. The molecule has 210 valence electrons. The number of hydrogen-bond donors (Lipinski definition) is 1. The van der Waals surface area contributed by atoms with Gasteiger partial charge < -0.3 is 9.84 Å². The van der Waals surface area contributed by atoms with E-state index in [2.05, 4.69) is 56.3 Å². The van der Waals surface area contributed by atoms with Gasteiger partial charge in [0.25, 0.3) is 0 Å². The number of ketones is 1. The van der Waals surface area contributed by atoms with Gasteiger partial charge >= 0.3 is 0 Å². The molecule has 7 atom stereocenters. The third-order valence-electron chi connectivity index (χ3n) is 12.1. The molecule has 2 aromatic carbocycles. The Balaban J connectivity index is 1.21. The Morgan fingerprint density at radius 2 is 1.70 bits per heavy atom. The van der Waals surface area contributed by atoms with Gasteiger partial charge in [0.2, 0.25) is 0 Å². The van der Waals surface area contributed by atoms with Crippen molar-refractivity contribution in [1.29, 1.82) is 5.26 Å². The Kier molecular flexibility index (Phi) is 6.83. The van der Waals surface area contributed by atoms with Crippen LogP contribution in [0, 0.1) is 45.3 Å². The molecular weight excluding hydrogens is 494 g/mol. The zero-order valence-electron chi connectivity index (χ0n) is 24.3. The summed E-state index contributed by atoms with van der Waals surface area (Å²) in [5.41, 5.74) is 4.07. The van der Waals surface area contributed by atoms with Crippen LogP contribution in [0.15, 0.2) is 66.2 Å². The lowest BCUT2D eigenvalue weighted by Crippen LogP contribution is -2.55. The monoisotopic (exact) mass is 537 g/mol. The molecule has 0 saturated heterocycles. The van der Waals surface area contributed by atoms with Crippen molar-refractivity contribution in [3.63, 3.8) is 0 Å². The number of benzene rings is 2. The van der Waals surface area contributed by atoms with Crippen LogP contribution in [0.1, 0.15) is 88.8 Å². The van der Waals surface area contributed by atoms with E-state index >= 15 is 0 Å². The Labute approximate surface area is 239 Å². The number of nitrogens with zero attached hydrogens (tertiary/aromatic N) is 1. The number of fused-ring (bicyclic) bond motifs is 5. The van der Waals surface area contributed by atoms with Gasteiger partial charge in [0.1, 0.15) is 5.78 Å². The van der Waals surface area contributed by atoms with Gasteiger partial charge in [0, 0.05) is 18.3 Å². The van der Waals surface area contributed by atoms with Gasteiger partial charge in [-0.3, -0.25) is 4.79 Å². The van der Waals surface area contributed by atoms with Crippen molar-refractivity contribution in [3.05, 3.63) is 82.9 Å². The molecule has 1 unspecified atom stereocenters. The fourth-order valence-electron chi connectivity index (χ4n) is 9.71. The van der Waals surface area contributed by atoms with Crippen molar-refractivity contribution in [2.75, 3.05) is 0 Å². The highest BCUT2D eigenvalue weighted by Crippen LogP contribution is 2.70. The van der Waals surface area contributed by atoms with Crippen molar-refractivity contribution in [3.8, 4) is 6.07 Å². The van der Waals surface area contributed by atoms with E-state index in [4.69, 9.17) is 10.00 Å². The van der Waals surface area contributed by atoms with E-state index in [0.717, 1.165) is 50.5 Å². The normalized spacial score (nSPS) is 38.4. The Hall–Kier alpha value is -2.74. The average molecular weight is 538 g/mol. The van der Waals surface area contributed by atoms with Crippen LogP contribution in [0.5, 0.6) is 0 Å². The zero-order valence-corrected chi connectivity index (χ0v) is 24.3. The highest BCUT2D eigenvalue weighted by molar-refractivity contribution is 5.84. The van der Waals surface area contributed by atoms with E-state index in [1.54, 1.807) is 12.1 Å². The van der Waals surface area contributed by atoms with E-state index in [-0.39, 0.29) is 16.2 Å². The highest BCUT2D eigenvalue weighted by Gasteiger charge is 2.65. The lowest BCUT2D eigenvalue weighted by Gasteiger charge is -2.60. The number of hydrogen-bond acceptors (Lipinski definition) is 4. The van der Waals surface area contributed by atoms with E-state index < -0.39 is 5.79 Å². The van der Waals surface area contributed by atoms with Gasteiger partial charge in [-0.25, -0.2) is 0 Å². The van der Waals surface area contributed by atoms with E-state index in [0.29, 0.717) is 48.5 Å². The summed E-state index contributed by atoms with van der Waals surface area (Å²) in [6.45, 7) is 7.08. The summed E-state index contributed by atoms with van der Waals surface area (Å²) in [4.78, 5) is 13.5. The van der Waals surface area contributed by atoms with Crippen LogP contribution in [0.4, 0.5) is 0 Å². The third-order valence-corrected chi connectivity index (χ3v) is 12.1. The molecular formula is C36H43NO3. The van der Waals surface area contributed by atoms with Crippen LogP contribution in [0.3, 0.4) is 0 Å². The van der Waals surface area contributed by atoms with Crippen LogP contribution in [-0.4, -0.2) is 16.7 Å². The molecule has 0 spiro atoms. The molecule has 3 fully saturated rings. The largest absolute Gasteiger partial charge is 0.365 e. The standard InChI is InChI=1S/C36H43NO3/c1-25(38)35(21-26-7-5-4-6-8-26)18-16-32-30-14-13-29-22-36(39,40-24-28-11-9-27(23-37)10-12-28)20-19-33(29,2)31(30)15-17-34(32,35)3/h4-13,30-32,39H,14-22,24H2,1-3H3/t30-,31+,32+,33+,34+,35+,36?/m1/s1. The molecule has 4 aliphatic rings. The lowest BCUT2D eigenvalue weighted by atomic mass is 9.44. The number of carbonyl (C=O) groups is 1. The fraction of sp³-hybridized carbons (Fsp3) is 0.556. The summed E-state index contributed by atoms with van der Waals surface area (Å²) in [7, 11) is 0. The van der Waals surface area contributed by atoms with Crippen molar-refractivity contribution in [2.45, 2.75) is 91.0 Å². The van der Waals surface area contributed by atoms with Crippen molar-refractivity contribution < 1.29 is 14.6 Å². The number of carbonyl (C=O) groups excluding carboxylic acids is 1. The Morgan fingerprint density at radius 1 is 0.975 bits per heavy atom. The molecule has 2 aromatic rings. The molecule has 0 bridgehead atoms. The molecule has 4 heteroatoms. The van der Waals surface area contributed by atoms with E-state index in [9.17, 15) is 9.90 Å². The summed E-state index contributed by atoms with van der Waals surface area (Å²) in [5, 5.41) is 20.5. The third kappa shape index (κ3) is 4.29. The first-order chi connectivity index (χ1) is 19.1. The predicted molar refractivity (Wildman–Crippen MR) is 156 cm³/mol. The first kappa shape index (κ1) is 27.4. The first-order valence-corrected chi connectivity index (χ1v) is 15.2.